The molecule has 0 aliphatic heterocycles. The molecule has 1 spiro atoms. The van der Waals surface area contributed by atoms with Crippen LogP contribution < -0.4 is 4.74 Å². The van der Waals surface area contributed by atoms with Crippen LogP contribution in [0, 0.1) is 39.4 Å². The van der Waals surface area contributed by atoms with E-state index in [1.807, 2.05) is 29.9 Å². The van der Waals surface area contributed by atoms with E-state index in [-0.39, 0.29) is 34.7 Å². The number of aliphatic hydroxyl groups excluding tert-OH is 1. The first-order valence-electron chi connectivity index (χ1n) is 15.5. The quantitative estimate of drug-likeness (QED) is 0.328. The number of aldehydes is 1. The van der Waals surface area contributed by atoms with Crippen LogP contribution in [-0.2, 0) is 22.7 Å². The summed E-state index contributed by atoms with van der Waals surface area (Å²) in [5.74, 6) is 1.32. The first kappa shape index (κ1) is 28.4. The van der Waals surface area contributed by atoms with Crippen LogP contribution in [-0.4, -0.2) is 45.1 Å². The van der Waals surface area contributed by atoms with E-state index in [4.69, 9.17) is 9.47 Å². The molecule has 4 aliphatic rings. The summed E-state index contributed by atoms with van der Waals surface area (Å²) in [6.45, 7) is 10.0. The molecule has 1 aromatic carbocycles. The first-order valence-corrected chi connectivity index (χ1v) is 15.5. The Labute approximate surface area is 243 Å². The van der Waals surface area contributed by atoms with Gasteiger partial charge in [-0.2, -0.15) is 0 Å². The Morgan fingerprint density at radius 2 is 1.90 bits per heavy atom. The molecule has 4 fully saturated rings. The summed E-state index contributed by atoms with van der Waals surface area (Å²) in [4.78, 5) is 24.7. The van der Waals surface area contributed by atoms with Crippen molar-refractivity contribution in [2.75, 3.05) is 6.61 Å². The van der Waals surface area contributed by atoms with Gasteiger partial charge in [0.25, 0.3) is 0 Å². The number of fused-ring (bicyclic) bond motifs is 3. The van der Waals surface area contributed by atoms with Gasteiger partial charge < -0.3 is 14.6 Å². The number of aliphatic hydroxyl groups is 1. The Morgan fingerprint density at radius 1 is 1.12 bits per heavy atom. The lowest BCUT2D eigenvalue weighted by Gasteiger charge is -2.65. The number of aromatic nitrogens is 3. The summed E-state index contributed by atoms with van der Waals surface area (Å²) in [5.41, 5.74) is 0.695. The van der Waals surface area contributed by atoms with E-state index in [0.29, 0.717) is 42.0 Å². The van der Waals surface area contributed by atoms with Crippen LogP contribution in [0.5, 0.6) is 5.75 Å². The van der Waals surface area contributed by atoms with Gasteiger partial charge in [-0.25, -0.2) is 0 Å². The predicted octanol–water partition coefficient (Wildman–Crippen LogP) is 5.62. The van der Waals surface area contributed by atoms with Crippen LogP contribution in [0.4, 0.5) is 0 Å². The topological polar surface area (TPSA) is 104 Å². The zero-order valence-corrected chi connectivity index (χ0v) is 25.0. The molecule has 1 aromatic heterocycles. The lowest BCUT2D eigenvalue weighted by Crippen LogP contribution is -2.60. The van der Waals surface area contributed by atoms with Gasteiger partial charge in [-0.05, 0) is 99.0 Å². The van der Waals surface area contributed by atoms with E-state index in [2.05, 4.69) is 31.1 Å². The van der Waals surface area contributed by atoms with Crippen LogP contribution in [0.25, 0.3) is 0 Å². The summed E-state index contributed by atoms with van der Waals surface area (Å²) < 4.78 is 13.4. The van der Waals surface area contributed by atoms with Gasteiger partial charge in [-0.15, -0.1) is 5.10 Å². The Bertz CT molecular complexity index is 1310. The highest BCUT2D eigenvalue weighted by atomic mass is 16.5. The molecule has 0 unspecified atom stereocenters. The van der Waals surface area contributed by atoms with E-state index in [1.54, 1.807) is 12.1 Å². The lowest BCUT2D eigenvalue weighted by molar-refractivity contribution is -0.192. The van der Waals surface area contributed by atoms with Gasteiger partial charge >= 0.3 is 5.97 Å². The van der Waals surface area contributed by atoms with Crippen molar-refractivity contribution in [1.82, 2.24) is 15.0 Å². The molecule has 0 amide bonds. The Hall–Kier alpha value is -2.74. The van der Waals surface area contributed by atoms with Crippen molar-refractivity contribution in [1.29, 1.82) is 0 Å². The molecule has 222 valence electrons. The Morgan fingerprint density at radius 3 is 2.68 bits per heavy atom. The van der Waals surface area contributed by atoms with E-state index >= 15 is 0 Å². The molecule has 1 heterocycles. The number of hydrogen-bond acceptors (Lipinski definition) is 7. The molecule has 0 saturated heterocycles. The summed E-state index contributed by atoms with van der Waals surface area (Å²) in [6.07, 6.45) is 10.5. The standard InChI is InChI=1S/C33H45N3O5/c1-5-40-29(39)32(4)14-8-13-31(3)26(32)12-16-33-21-30(2,15-11-27(31)33)28(38)24(33)18-36-17-23(34-35-36)20-41-25-10-7-6-9-22(25)19-37/h6-7,9-10,17,19,24,26-28,38H,5,8,11-16,18,20-21H2,1-4H3/t24-,26+,27+,28-,30+,31-,32-,33-/m1/s1. The first-order chi connectivity index (χ1) is 19.6. The van der Waals surface area contributed by atoms with Gasteiger partial charge in [-0.1, -0.05) is 37.6 Å². The molecule has 0 radical (unpaired) electrons. The van der Waals surface area contributed by atoms with Crippen LogP contribution in [0.2, 0.25) is 0 Å². The zero-order chi connectivity index (χ0) is 29.0. The number of esters is 1. The maximum atomic E-state index is 13.3. The van der Waals surface area contributed by atoms with Gasteiger partial charge in [-0.3, -0.25) is 14.3 Å². The number of benzene rings is 1. The SMILES string of the molecule is CCOC(=O)[C@]1(C)CCC[C@@]2(C)[C@@H]3CC[C@@]4(C)C[C@]3(CC[C@@H]21)[C@H](Cn1cc(COc2ccccc2C=O)nn1)[C@H]4O. The van der Waals surface area contributed by atoms with Crippen molar-refractivity contribution in [3.63, 3.8) is 0 Å². The second kappa shape index (κ2) is 10.2. The van der Waals surface area contributed by atoms with E-state index < -0.39 is 11.5 Å². The molecule has 8 heteroatoms. The van der Waals surface area contributed by atoms with Crippen molar-refractivity contribution in [3.05, 3.63) is 41.7 Å². The van der Waals surface area contributed by atoms with Gasteiger partial charge in [0.05, 0.1) is 29.9 Å². The molecule has 4 saturated carbocycles. The number of para-hydroxylation sites is 1. The molecule has 4 aliphatic carbocycles. The zero-order valence-electron chi connectivity index (χ0n) is 25.0. The average molecular weight is 564 g/mol. The highest BCUT2D eigenvalue weighted by Gasteiger charge is 2.71. The summed E-state index contributed by atoms with van der Waals surface area (Å²) in [5, 5.41) is 20.7. The molecule has 8 atom stereocenters. The number of rotatable bonds is 8. The third-order valence-corrected chi connectivity index (χ3v) is 12.1. The summed E-state index contributed by atoms with van der Waals surface area (Å²) in [6, 6.07) is 7.15. The molecule has 2 aromatic rings. The van der Waals surface area contributed by atoms with Crippen LogP contribution in [0.3, 0.4) is 0 Å². The molecular formula is C33H45N3O5. The lowest BCUT2D eigenvalue weighted by atomic mass is 9.39. The minimum absolute atomic E-state index is 0.0100. The summed E-state index contributed by atoms with van der Waals surface area (Å²) in [7, 11) is 0. The van der Waals surface area contributed by atoms with Crippen LogP contribution >= 0.6 is 0 Å². The van der Waals surface area contributed by atoms with Crippen molar-refractivity contribution in [3.8, 4) is 5.75 Å². The maximum Gasteiger partial charge on any atom is 0.312 e. The fourth-order valence-electron chi connectivity index (χ4n) is 10.4. The smallest absolute Gasteiger partial charge is 0.312 e. The number of carbonyl (C=O) groups is 2. The minimum atomic E-state index is -0.443. The molecule has 2 bridgehead atoms. The molecule has 1 N–H and O–H groups in total. The highest BCUT2D eigenvalue weighted by Crippen LogP contribution is 2.75. The number of hydrogen-bond donors (Lipinski definition) is 1. The van der Waals surface area contributed by atoms with Crippen molar-refractivity contribution < 1.29 is 24.2 Å². The van der Waals surface area contributed by atoms with Crippen molar-refractivity contribution in [2.24, 2.45) is 39.4 Å². The second-order valence-corrected chi connectivity index (χ2v) is 14.2. The third-order valence-electron chi connectivity index (χ3n) is 12.1. The normalized spacial score (nSPS) is 39.4. The van der Waals surface area contributed by atoms with Crippen LogP contribution in [0.15, 0.2) is 30.5 Å². The van der Waals surface area contributed by atoms with E-state index in [9.17, 15) is 14.7 Å². The van der Waals surface area contributed by atoms with Crippen LogP contribution in [0.1, 0.15) is 95.1 Å². The maximum absolute atomic E-state index is 13.3. The Kier molecular flexibility index (Phi) is 7.07. The predicted molar refractivity (Wildman–Crippen MR) is 153 cm³/mol. The fraction of sp³-hybridized carbons (Fsp3) is 0.697. The largest absolute Gasteiger partial charge is 0.486 e. The number of nitrogens with zero attached hydrogens (tertiary/aromatic N) is 3. The van der Waals surface area contributed by atoms with Crippen molar-refractivity contribution >= 4 is 12.3 Å². The third kappa shape index (κ3) is 4.34. The average Bonchev–Trinajstić information content (AvgIpc) is 3.46. The van der Waals surface area contributed by atoms with Gasteiger partial charge in [0.1, 0.15) is 18.1 Å². The molecule has 8 nitrogen and oxygen atoms in total. The van der Waals surface area contributed by atoms with Crippen molar-refractivity contribution in [2.45, 2.75) is 98.3 Å². The summed E-state index contributed by atoms with van der Waals surface area (Å²) >= 11 is 0. The minimum Gasteiger partial charge on any atom is -0.486 e. The monoisotopic (exact) mass is 563 g/mol. The second-order valence-electron chi connectivity index (χ2n) is 14.2. The van der Waals surface area contributed by atoms with Gasteiger partial charge in [0.2, 0.25) is 0 Å². The fourth-order valence-corrected chi connectivity index (χ4v) is 10.4. The van der Waals surface area contributed by atoms with Gasteiger partial charge in [0, 0.05) is 12.5 Å². The number of ether oxygens (including phenoxy) is 2. The van der Waals surface area contributed by atoms with E-state index in [1.165, 1.54) is 0 Å². The molecule has 6 rings (SSSR count). The Balaban J connectivity index is 1.25. The highest BCUT2D eigenvalue weighted by molar-refractivity contribution is 5.79. The number of carbonyl (C=O) groups excluding carboxylic acids is 2. The molecular weight excluding hydrogens is 518 g/mol. The molecule has 41 heavy (non-hydrogen) atoms. The van der Waals surface area contributed by atoms with Gasteiger partial charge in [0.15, 0.2) is 6.29 Å². The van der Waals surface area contributed by atoms with E-state index in [0.717, 1.165) is 57.7 Å².